The van der Waals surface area contributed by atoms with E-state index in [2.05, 4.69) is 21.1 Å². The Morgan fingerprint density at radius 2 is 1.56 bits per heavy atom. The summed E-state index contributed by atoms with van der Waals surface area (Å²) in [4.78, 5) is 25.0. The molecule has 4 rings (SSSR count). The number of benzene rings is 3. The van der Waals surface area contributed by atoms with Gasteiger partial charge in [-0.3, -0.25) is 0 Å². The molecule has 0 saturated carbocycles. The van der Waals surface area contributed by atoms with Gasteiger partial charge in [0.2, 0.25) is 0 Å². The van der Waals surface area contributed by atoms with Crippen LogP contribution in [0.2, 0.25) is 0 Å². The molecule has 0 aliphatic heterocycles. The summed E-state index contributed by atoms with van der Waals surface area (Å²) in [6.07, 6.45) is 0.547. The van der Waals surface area contributed by atoms with Crippen molar-refractivity contribution in [2.45, 2.75) is 33.5 Å². The Labute approximate surface area is 231 Å². The highest BCUT2D eigenvalue weighted by Crippen LogP contribution is 2.26. The number of quaternary nitrogens is 1. The van der Waals surface area contributed by atoms with Gasteiger partial charge < -0.3 is 23.3 Å². The maximum absolute atomic E-state index is 12.5. The predicted octanol–water partition coefficient (Wildman–Crippen LogP) is 6.10. The van der Waals surface area contributed by atoms with Gasteiger partial charge in [-0.15, -0.1) is 0 Å². The summed E-state index contributed by atoms with van der Waals surface area (Å²) < 4.78 is 19.2. The summed E-state index contributed by atoms with van der Waals surface area (Å²) in [6, 6.07) is 25.0. The molecule has 1 aromatic heterocycles. The van der Waals surface area contributed by atoms with E-state index in [9.17, 15) is 9.59 Å². The number of carbonyl (C=O) groups is 2. The second-order valence-electron chi connectivity index (χ2n) is 10.3. The van der Waals surface area contributed by atoms with Gasteiger partial charge in [0.05, 0.1) is 40.4 Å². The molecule has 39 heavy (non-hydrogen) atoms. The minimum atomic E-state index is -0.418. The van der Waals surface area contributed by atoms with Crippen molar-refractivity contribution >= 4 is 22.8 Å². The lowest BCUT2D eigenvalue weighted by Gasteiger charge is -2.23. The molecule has 206 valence electrons. The lowest BCUT2D eigenvalue weighted by atomic mass is 10.1. The summed E-state index contributed by atoms with van der Waals surface area (Å²) in [5, 5.41) is 0.877. The molecular weight excluding hydrogens is 492 g/mol. The maximum atomic E-state index is 12.5. The lowest BCUT2D eigenvalue weighted by Crippen LogP contribution is -2.33. The second kappa shape index (κ2) is 13.1. The van der Waals surface area contributed by atoms with Crippen LogP contribution in [-0.2, 0) is 29.2 Å². The largest absolute Gasteiger partial charge is 0.489 e. The summed E-state index contributed by atoms with van der Waals surface area (Å²) in [7, 11) is 7.74. The zero-order chi connectivity index (χ0) is 27.1. The zero-order valence-corrected chi connectivity index (χ0v) is 22.5. The van der Waals surface area contributed by atoms with E-state index in [1.165, 1.54) is 7.11 Å². The van der Waals surface area contributed by atoms with Crippen molar-refractivity contribution in [3.8, 4) is 5.75 Å². The van der Waals surface area contributed by atoms with Crippen LogP contribution in [0.25, 0.3) is 10.9 Å². The molecular formula is C32H39N2O5+. The molecule has 0 bridgehead atoms. The number of hydrogen-bond donors (Lipinski definition) is 0. The van der Waals surface area contributed by atoms with Gasteiger partial charge in [-0.1, -0.05) is 49.9 Å². The van der Waals surface area contributed by atoms with Crippen molar-refractivity contribution in [1.82, 2.24) is 4.57 Å². The summed E-state index contributed by atoms with van der Waals surface area (Å²) >= 11 is 0. The Hall–Kier alpha value is -4.10. The van der Waals surface area contributed by atoms with Gasteiger partial charge in [-0.2, -0.15) is 0 Å². The molecule has 0 aliphatic rings. The molecule has 3 aromatic carbocycles. The van der Waals surface area contributed by atoms with E-state index in [0.717, 1.165) is 38.8 Å². The van der Waals surface area contributed by atoms with Gasteiger partial charge in [0.1, 0.15) is 24.6 Å². The van der Waals surface area contributed by atoms with E-state index in [4.69, 9.17) is 14.2 Å². The van der Waals surface area contributed by atoms with Crippen LogP contribution in [0.15, 0.2) is 78.9 Å². The number of carbonyl (C=O) groups excluding carboxylic acids is 2. The molecule has 0 atom stereocenters. The topological polar surface area (TPSA) is 66.8 Å². The smallest absolute Gasteiger partial charge is 0.354 e. The Bertz CT molecular complexity index is 1390. The standard InChI is InChI=1S/C31H35N2O5.CH4/c1-33(2,3)21-23-11-13-25(14-12-23)30(34)37-18-8-17-32-28-16-15-27(38-22-24-9-6-5-7-10-24)19-26(28)20-29(32)31(35)36-4;/h5-7,9-16,19-20H,8,17-18,21-22H2,1-4H3;1H4/q+1;. The fourth-order valence-corrected chi connectivity index (χ4v) is 4.36. The maximum Gasteiger partial charge on any atom is 0.354 e. The quantitative estimate of drug-likeness (QED) is 0.133. The van der Waals surface area contributed by atoms with Gasteiger partial charge in [0.15, 0.2) is 0 Å². The van der Waals surface area contributed by atoms with Crippen LogP contribution in [-0.4, -0.2) is 55.8 Å². The van der Waals surface area contributed by atoms with Crippen molar-refractivity contribution in [1.29, 1.82) is 0 Å². The van der Waals surface area contributed by atoms with Crippen LogP contribution in [0.3, 0.4) is 0 Å². The fourth-order valence-electron chi connectivity index (χ4n) is 4.36. The third-order valence-electron chi connectivity index (χ3n) is 6.12. The first-order valence-electron chi connectivity index (χ1n) is 12.7. The molecule has 0 saturated heterocycles. The number of nitrogens with zero attached hydrogens (tertiary/aromatic N) is 2. The van der Waals surface area contributed by atoms with Crippen LogP contribution in [0.1, 0.15) is 45.8 Å². The van der Waals surface area contributed by atoms with E-state index >= 15 is 0 Å². The number of ether oxygens (including phenoxy) is 3. The highest BCUT2D eigenvalue weighted by molar-refractivity contribution is 5.96. The van der Waals surface area contributed by atoms with Crippen LogP contribution in [0.5, 0.6) is 5.75 Å². The SMILES string of the molecule is C.COC(=O)c1cc2cc(OCc3ccccc3)ccc2n1CCCOC(=O)c1ccc(C[N+](C)(C)C)cc1. The van der Waals surface area contributed by atoms with Crippen molar-refractivity contribution in [3.05, 3.63) is 101 Å². The number of rotatable bonds is 11. The van der Waals surface area contributed by atoms with E-state index in [0.29, 0.717) is 30.8 Å². The molecule has 0 spiro atoms. The minimum Gasteiger partial charge on any atom is -0.489 e. The first kappa shape index (κ1) is 29.5. The first-order valence-corrected chi connectivity index (χ1v) is 12.7. The van der Waals surface area contributed by atoms with E-state index < -0.39 is 5.97 Å². The monoisotopic (exact) mass is 531 g/mol. The molecule has 0 amide bonds. The summed E-state index contributed by atoms with van der Waals surface area (Å²) in [5.74, 6) is -0.0530. The number of aromatic nitrogens is 1. The van der Waals surface area contributed by atoms with E-state index in [-0.39, 0.29) is 20.0 Å². The predicted molar refractivity (Wildman–Crippen MR) is 154 cm³/mol. The van der Waals surface area contributed by atoms with Gasteiger partial charge in [-0.05, 0) is 48.4 Å². The number of fused-ring (bicyclic) bond motifs is 1. The molecule has 1 heterocycles. The van der Waals surface area contributed by atoms with Gasteiger partial charge in [0.25, 0.3) is 0 Å². The molecule has 7 nitrogen and oxygen atoms in total. The van der Waals surface area contributed by atoms with Crippen molar-refractivity contribution in [2.24, 2.45) is 0 Å². The van der Waals surface area contributed by atoms with Crippen LogP contribution < -0.4 is 4.74 Å². The molecule has 0 fully saturated rings. The van der Waals surface area contributed by atoms with Crippen molar-refractivity contribution < 1.29 is 28.3 Å². The molecule has 0 N–H and O–H groups in total. The Kier molecular flexibility index (Phi) is 9.90. The normalized spacial score (nSPS) is 11.1. The average molecular weight is 532 g/mol. The number of hydrogen-bond acceptors (Lipinski definition) is 5. The Morgan fingerprint density at radius 1 is 0.846 bits per heavy atom. The Morgan fingerprint density at radius 3 is 2.23 bits per heavy atom. The highest BCUT2D eigenvalue weighted by atomic mass is 16.5. The number of methoxy groups -OCH3 is 1. The van der Waals surface area contributed by atoms with E-state index in [1.807, 2.05) is 65.2 Å². The highest BCUT2D eigenvalue weighted by Gasteiger charge is 2.17. The van der Waals surface area contributed by atoms with Crippen LogP contribution in [0, 0.1) is 0 Å². The van der Waals surface area contributed by atoms with E-state index in [1.54, 1.807) is 18.2 Å². The minimum absolute atomic E-state index is 0. The second-order valence-corrected chi connectivity index (χ2v) is 10.3. The fraction of sp³-hybridized carbons (Fsp3) is 0.312. The third-order valence-corrected chi connectivity index (χ3v) is 6.12. The van der Waals surface area contributed by atoms with Crippen LogP contribution >= 0.6 is 0 Å². The van der Waals surface area contributed by atoms with Crippen molar-refractivity contribution in [2.75, 3.05) is 34.9 Å². The van der Waals surface area contributed by atoms with Gasteiger partial charge in [0, 0.05) is 23.0 Å². The lowest BCUT2D eigenvalue weighted by molar-refractivity contribution is -0.884. The zero-order valence-electron chi connectivity index (χ0n) is 22.5. The molecule has 0 aliphatic carbocycles. The molecule has 7 heteroatoms. The van der Waals surface area contributed by atoms with Gasteiger partial charge >= 0.3 is 11.9 Å². The first-order chi connectivity index (χ1) is 18.2. The Balaban J connectivity index is 0.00000420. The van der Waals surface area contributed by atoms with Crippen molar-refractivity contribution in [3.63, 3.8) is 0 Å². The van der Waals surface area contributed by atoms with Gasteiger partial charge in [-0.25, -0.2) is 9.59 Å². The number of aryl methyl sites for hydroxylation is 1. The number of esters is 2. The molecule has 0 unspecified atom stereocenters. The van der Waals surface area contributed by atoms with Crippen LogP contribution in [0.4, 0.5) is 0 Å². The summed E-state index contributed by atoms with van der Waals surface area (Å²) in [6.45, 7) is 2.07. The molecule has 0 radical (unpaired) electrons. The average Bonchev–Trinajstić information content (AvgIpc) is 3.27. The summed E-state index contributed by atoms with van der Waals surface area (Å²) in [5.41, 5.74) is 4.10. The third kappa shape index (κ3) is 7.94. The molecule has 4 aromatic rings.